The number of nitrogens with zero attached hydrogens (tertiary/aromatic N) is 3. The fourth-order valence-corrected chi connectivity index (χ4v) is 3.91. The van der Waals surface area contributed by atoms with Crippen LogP contribution < -0.4 is 0 Å². The van der Waals surface area contributed by atoms with Crippen LogP contribution in [0.1, 0.15) is 23.3 Å². The molecule has 4 nitrogen and oxygen atoms in total. The van der Waals surface area contributed by atoms with Crippen molar-refractivity contribution in [1.29, 1.82) is 0 Å². The monoisotopic (exact) mass is 305 g/mol. The van der Waals surface area contributed by atoms with Crippen LogP contribution in [0, 0.1) is 0 Å². The third kappa shape index (κ3) is 2.96. The van der Waals surface area contributed by atoms with Gasteiger partial charge in [0.2, 0.25) is 0 Å². The van der Waals surface area contributed by atoms with E-state index in [0.29, 0.717) is 11.5 Å². The first kappa shape index (κ1) is 13.5. The van der Waals surface area contributed by atoms with Crippen LogP contribution in [-0.4, -0.2) is 18.6 Å². The quantitative estimate of drug-likeness (QED) is 0.728. The molecule has 0 radical (unpaired) electrons. The summed E-state index contributed by atoms with van der Waals surface area (Å²) in [7, 11) is -0.969. The van der Waals surface area contributed by atoms with Gasteiger partial charge in [-0.15, -0.1) is 11.3 Å². The number of pyridine rings is 1. The first-order valence-electron chi connectivity index (χ1n) is 6.45. The molecule has 0 aliphatic heterocycles. The summed E-state index contributed by atoms with van der Waals surface area (Å²) in [5.41, 5.74) is 2.68. The lowest BCUT2D eigenvalue weighted by Gasteiger charge is -1.96. The zero-order chi connectivity index (χ0) is 13.9. The first-order valence-corrected chi connectivity index (χ1v) is 8.82. The van der Waals surface area contributed by atoms with Gasteiger partial charge in [0.1, 0.15) is 5.65 Å². The van der Waals surface area contributed by atoms with Crippen LogP contribution in [0.2, 0.25) is 0 Å². The highest BCUT2D eigenvalue weighted by atomic mass is 32.2. The molecule has 6 heteroatoms. The number of fused-ring (bicyclic) bond motifs is 1. The van der Waals surface area contributed by atoms with Crippen molar-refractivity contribution in [1.82, 2.24) is 14.4 Å². The van der Waals surface area contributed by atoms with Gasteiger partial charge in [-0.3, -0.25) is 4.21 Å². The van der Waals surface area contributed by atoms with Gasteiger partial charge in [-0.05, 0) is 18.6 Å². The van der Waals surface area contributed by atoms with Crippen LogP contribution in [0.4, 0.5) is 0 Å². The highest BCUT2D eigenvalue weighted by Gasteiger charge is 2.09. The highest BCUT2D eigenvalue weighted by Crippen LogP contribution is 2.14. The molecule has 0 aliphatic rings. The van der Waals surface area contributed by atoms with Crippen molar-refractivity contribution in [3.05, 3.63) is 52.4 Å². The first-order chi connectivity index (χ1) is 9.74. The molecule has 0 saturated heterocycles. The van der Waals surface area contributed by atoms with E-state index in [-0.39, 0.29) is 0 Å². The predicted molar refractivity (Wildman–Crippen MR) is 82.2 cm³/mol. The summed E-state index contributed by atoms with van der Waals surface area (Å²) < 4.78 is 14.1. The number of imidazole rings is 1. The zero-order valence-corrected chi connectivity index (χ0v) is 12.8. The molecule has 0 aromatic carbocycles. The van der Waals surface area contributed by atoms with Crippen LogP contribution in [-0.2, 0) is 28.7 Å². The lowest BCUT2D eigenvalue weighted by Crippen LogP contribution is -2.00. The van der Waals surface area contributed by atoms with Gasteiger partial charge in [-0.1, -0.05) is 13.0 Å². The second kappa shape index (κ2) is 5.85. The molecule has 0 N–H and O–H groups in total. The van der Waals surface area contributed by atoms with Crippen molar-refractivity contribution < 1.29 is 4.21 Å². The van der Waals surface area contributed by atoms with Gasteiger partial charge in [0, 0.05) is 28.6 Å². The maximum atomic E-state index is 12.2. The second-order valence-electron chi connectivity index (χ2n) is 4.51. The number of aromatic nitrogens is 3. The van der Waals surface area contributed by atoms with Gasteiger partial charge in [0.25, 0.3) is 0 Å². The molecule has 1 atom stereocenters. The Bertz CT molecular complexity index is 715. The second-order valence-corrected chi connectivity index (χ2v) is 6.91. The van der Waals surface area contributed by atoms with E-state index in [4.69, 9.17) is 0 Å². The minimum Gasteiger partial charge on any atom is -0.307 e. The van der Waals surface area contributed by atoms with Gasteiger partial charge in [0.05, 0.1) is 27.9 Å². The summed E-state index contributed by atoms with van der Waals surface area (Å²) in [6, 6.07) is 5.85. The van der Waals surface area contributed by atoms with Crippen molar-refractivity contribution in [2.75, 3.05) is 0 Å². The molecule has 20 heavy (non-hydrogen) atoms. The number of rotatable bonds is 5. The van der Waals surface area contributed by atoms with E-state index >= 15 is 0 Å². The van der Waals surface area contributed by atoms with Crippen LogP contribution in [0.5, 0.6) is 0 Å². The topological polar surface area (TPSA) is 47.3 Å². The summed E-state index contributed by atoms with van der Waals surface area (Å²) >= 11 is 1.64. The van der Waals surface area contributed by atoms with Crippen molar-refractivity contribution >= 4 is 27.8 Å². The molecule has 0 spiro atoms. The van der Waals surface area contributed by atoms with Crippen LogP contribution in [0.3, 0.4) is 0 Å². The van der Waals surface area contributed by atoms with E-state index < -0.39 is 10.8 Å². The van der Waals surface area contributed by atoms with E-state index in [1.807, 2.05) is 40.4 Å². The summed E-state index contributed by atoms with van der Waals surface area (Å²) in [6.45, 7) is 2.08. The van der Waals surface area contributed by atoms with E-state index in [2.05, 4.69) is 16.9 Å². The van der Waals surface area contributed by atoms with E-state index in [1.165, 1.54) is 0 Å². The molecule has 0 bridgehead atoms. The molecule has 3 heterocycles. The molecular weight excluding hydrogens is 290 g/mol. The SMILES string of the molecule is CCc1nc(C[S@@](=O)Cc2cn3ccccc3n2)cs1. The Kier molecular flexibility index (Phi) is 3.93. The van der Waals surface area contributed by atoms with Crippen LogP contribution in [0.15, 0.2) is 36.0 Å². The smallest absolute Gasteiger partial charge is 0.137 e. The average Bonchev–Trinajstić information content (AvgIpc) is 3.04. The Morgan fingerprint density at radius 2 is 2.10 bits per heavy atom. The van der Waals surface area contributed by atoms with E-state index in [1.54, 1.807) is 11.3 Å². The Labute approximate surface area is 124 Å². The minimum absolute atomic E-state index is 0.473. The molecule has 0 aliphatic carbocycles. The molecule has 0 amide bonds. The normalized spacial score (nSPS) is 12.8. The lowest BCUT2D eigenvalue weighted by atomic mass is 10.5. The molecule has 3 rings (SSSR count). The summed E-state index contributed by atoms with van der Waals surface area (Å²) in [5.74, 6) is 0.977. The summed E-state index contributed by atoms with van der Waals surface area (Å²) in [4.78, 5) is 8.92. The highest BCUT2D eigenvalue weighted by molar-refractivity contribution is 7.83. The third-order valence-corrected chi connectivity index (χ3v) is 5.21. The maximum Gasteiger partial charge on any atom is 0.137 e. The number of aryl methyl sites for hydroxylation is 1. The molecule has 0 unspecified atom stereocenters. The van der Waals surface area contributed by atoms with Crippen LogP contribution >= 0.6 is 11.3 Å². The molecule has 3 aromatic heterocycles. The van der Waals surface area contributed by atoms with E-state index in [9.17, 15) is 4.21 Å². The summed E-state index contributed by atoms with van der Waals surface area (Å²) in [5, 5.41) is 3.10. The largest absolute Gasteiger partial charge is 0.307 e. The van der Waals surface area contributed by atoms with Gasteiger partial charge < -0.3 is 4.40 Å². The standard InChI is InChI=1S/C14H15N3OS2/c1-2-14-16-12(8-19-14)10-20(18)9-11-7-17-6-4-3-5-13(17)15-11/h3-8H,2,9-10H2,1H3/t20-/m0/s1. The Morgan fingerprint density at radius 3 is 2.85 bits per heavy atom. The average molecular weight is 305 g/mol. The van der Waals surface area contributed by atoms with Crippen molar-refractivity contribution in [3.63, 3.8) is 0 Å². The fraction of sp³-hybridized carbons (Fsp3) is 0.286. The predicted octanol–water partition coefficient (Wildman–Crippen LogP) is 2.80. The Hall–Kier alpha value is -1.53. The molecule has 0 saturated carbocycles. The maximum absolute atomic E-state index is 12.2. The number of hydrogen-bond donors (Lipinski definition) is 0. The van der Waals surface area contributed by atoms with Crippen LogP contribution in [0.25, 0.3) is 5.65 Å². The zero-order valence-electron chi connectivity index (χ0n) is 11.2. The van der Waals surface area contributed by atoms with Crippen molar-refractivity contribution in [2.24, 2.45) is 0 Å². The minimum atomic E-state index is -0.969. The van der Waals surface area contributed by atoms with Crippen molar-refractivity contribution in [2.45, 2.75) is 24.9 Å². The lowest BCUT2D eigenvalue weighted by molar-refractivity contribution is 0.681. The molecule has 0 fully saturated rings. The summed E-state index contributed by atoms with van der Waals surface area (Å²) in [6.07, 6.45) is 4.82. The fourth-order valence-electron chi connectivity index (χ4n) is 2.02. The number of hydrogen-bond acceptors (Lipinski definition) is 4. The third-order valence-electron chi connectivity index (χ3n) is 2.93. The molecule has 3 aromatic rings. The Balaban J connectivity index is 1.69. The van der Waals surface area contributed by atoms with E-state index in [0.717, 1.165) is 28.5 Å². The van der Waals surface area contributed by atoms with Gasteiger partial charge in [-0.25, -0.2) is 9.97 Å². The van der Waals surface area contributed by atoms with Gasteiger partial charge >= 0.3 is 0 Å². The van der Waals surface area contributed by atoms with Gasteiger partial charge in [0.15, 0.2) is 0 Å². The number of thiazole rings is 1. The van der Waals surface area contributed by atoms with Crippen molar-refractivity contribution in [3.8, 4) is 0 Å². The molecular formula is C14H15N3OS2. The Morgan fingerprint density at radius 1 is 1.25 bits per heavy atom. The van der Waals surface area contributed by atoms with Gasteiger partial charge in [-0.2, -0.15) is 0 Å². The molecule has 104 valence electrons.